The van der Waals surface area contributed by atoms with E-state index in [0.29, 0.717) is 12.8 Å². The Hall–Kier alpha value is -2.49. The van der Waals surface area contributed by atoms with Crippen LogP contribution in [0.2, 0.25) is 0 Å². The first-order chi connectivity index (χ1) is 10.2. The number of benzene rings is 1. The van der Waals surface area contributed by atoms with E-state index in [0.717, 1.165) is 11.3 Å². The number of carbonyl (C=O) groups is 2. The zero-order valence-electron chi connectivity index (χ0n) is 11.7. The first-order valence-electron chi connectivity index (χ1n) is 6.85. The van der Waals surface area contributed by atoms with Gasteiger partial charge in [0.25, 0.3) is 0 Å². The number of hydrogen-bond acceptors (Lipinski definition) is 4. The van der Waals surface area contributed by atoms with Gasteiger partial charge in [-0.15, -0.1) is 0 Å². The number of ketones is 1. The van der Waals surface area contributed by atoms with Gasteiger partial charge in [-0.3, -0.25) is 14.6 Å². The zero-order valence-corrected chi connectivity index (χ0v) is 11.7. The van der Waals surface area contributed by atoms with E-state index in [4.69, 9.17) is 4.74 Å². The fourth-order valence-electron chi connectivity index (χ4n) is 1.85. The van der Waals surface area contributed by atoms with Crippen molar-refractivity contribution in [3.05, 3.63) is 66.0 Å². The van der Waals surface area contributed by atoms with Crippen LogP contribution < -0.4 is 0 Å². The van der Waals surface area contributed by atoms with E-state index in [9.17, 15) is 9.59 Å². The maximum absolute atomic E-state index is 11.7. The lowest BCUT2D eigenvalue weighted by Crippen LogP contribution is -2.12. The smallest absolute Gasteiger partial charge is 0.313 e. The molecule has 4 nitrogen and oxygen atoms in total. The second-order valence-corrected chi connectivity index (χ2v) is 4.68. The number of ether oxygens (including phenoxy) is 1. The molecular weight excluding hydrogens is 266 g/mol. The van der Waals surface area contributed by atoms with Crippen molar-refractivity contribution in [2.75, 3.05) is 0 Å². The highest BCUT2D eigenvalue weighted by atomic mass is 16.5. The van der Waals surface area contributed by atoms with Crippen LogP contribution in [-0.2, 0) is 27.4 Å². The Morgan fingerprint density at radius 3 is 2.48 bits per heavy atom. The van der Waals surface area contributed by atoms with Crippen molar-refractivity contribution in [1.29, 1.82) is 0 Å². The lowest BCUT2D eigenvalue weighted by molar-refractivity contribution is -0.147. The van der Waals surface area contributed by atoms with Gasteiger partial charge < -0.3 is 4.74 Å². The normalized spacial score (nSPS) is 10.1. The third-order valence-corrected chi connectivity index (χ3v) is 2.97. The molecule has 0 saturated heterocycles. The van der Waals surface area contributed by atoms with Gasteiger partial charge in [0, 0.05) is 18.3 Å². The van der Waals surface area contributed by atoms with Crippen molar-refractivity contribution in [2.45, 2.75) is 25.9 Å². The fourth-order valence-corrected chi connectivity index (χ4v) is 1.85. The minimum Gasteiger partial charge on any atom is -0.460 e. The van der Waals surface area contributed by atoms with Crippen molar-refractivity contribution < 1.29 is 14.3 Å². The Labute approximate surface area is 123 Å². The molecule has 0 fully saturated rings. The molecule has 0 atom stereocenters. The van der Waals surface area contributed by atoms with E-state index in [1.54, 1.807) is 6.20 Å². The van der Waals surface area contributed by atoms with Gasteiger partial charge >= 0.3 is 5.97 Å². The summed E-state index contributed by atoms with van der Waals surface area (Å²) in [6, 6.07) is 15.0. The number of hydrogen-bond donors (Lipinski definition) is 0. The van der Waals surface area contributed by atoms with Gasteiger partial charge in [-0.05, 0) is 24.1 Å². The topological polar surface area (TPSA) is 56.3 Å². The van der Waals surface area contributed by atoms with E-state index in [-0.39, 0.29) is 18.8 Å². The molecule has 2 rings (SSSR count). The van der Waals surface area contributed by atoms with E-state index in [1.807, 2.05) is 48.5 Å². The number of carbonyl (C=O) groups excluding carboxylic acids is 2. The molecule has 0 radical (unpaired) electrons. The molecule has 108 valence electrons. The first-order valence-corrected chi connectivity index (χ1v) is 6.85. The molecule has 1 aromatic heterocycles. The standard InChI is InChI=1S/C17H17NO3/c19-16(10-9-15-8-4-5-11-18-15)12-17(20)21-13-14-6-2-1-3-7-14/h1-8,11H,9-10,12-13H2. The molecule has 1 heterocycles. The predicted octanol–water partition coefficient (Wildman–Crippen LogP) is 2.72. The van der Waals surface area contributed by atoms with Crippen LogP contribution in [0.15, 0.2) is 54.7 Å². The third kappa shape index (κ3) is 5.57. The molecule has 0 N–H and O–H groups in total. The third-order valence-electron chi connectivity index (χ3n) is 2.97. The number of aryl methyl sites for hydroxylation is 1. The minimum absolute atomic E-state index is 0.126. The van der Waals surface area contributed by atoms with Crippen LogP contribution in [0.25, 0.3) is 0 Å². The van der Waals surface area contributed by atoms with Crippen molar-refractivity contribution in [2.24, 2.45) is 0 Å². The minimum atomic E-state index is -0.482. The number of pyridine rings is 1. The molecule has 21 heavy (non-hydrogen) atoms. The van der Waals surface area contributed by atoms with Crippen LogP contribution in [0.1, 0.15) is 24.1 Å². The molecule has 4 heteroatoms. The number of esters is 1. The van der Waals surface area contributed by atoms with Crippen LogP contribution in [0.5, 0.6) is 0 Å². The van der Waals surface area contributed by atoms with E-state index in [1.165, 1.54) is 0 Å². The predicted molar refractivity (Wildman–Crippen MR) is 78.4 cm³/mol. The summed E-state index contributed by atoms with van der Waals surface area (Å²) in [6.45, 7) is 0.202. The van der Waals surface area contributed by atoms with Crippen LogP contribution in [0, 0.1) is 0 Å². The highest BCUT2D eigenvalue weighted by molar-refractivity contribution is 5.95. The van der Waals surface area contributed by atoms with Gasteiger partial charge in [-0.25, -0.2) is 0 Å². The highest BCUT2D eigenvalue weighted by Gasteiger charge is 2.11. The van der Waals surface area contributed by atoms with Crippen LogP contribution >= 0.6 is 0 Å². The second kappa shape index (κ2) is 7.94. The molecule has 2 aromatic rings. The summed E-state index contributed by atoms with van der Waals surface area (Å²) in [5.41, 5.74) is 1.76. The average Bonchev–Trinajstić information content (AvgIpc) is 2.53. The number of nitrogens with zero attached hydrogens (tertiary/aromatic N) is 1. The Kier molecular flexibility index (Phi) is 5.64. The largest absolute Gasteiger partial charge is 0.460 e. The van der Waals surface area contributed by atoms with Gasteiger partial charge in [0.2, 0.25) is 0 Å². The summed E-state index contributed by atoms with van der Waals surface area (Å²) in [6.07, 6.45) is 2.36. The lowest BCUT2D eigenvalue weighted by Gasteiger charge is -2.04. The van der Waals surface area contributed by atoms with Crippen LogP contribution in [0.4, 0.5) is 0 Å². The molecular formula is C17H17NO3. The molecule has 0 unspecified atom stereocenters. The monoisotopic (exact) mass is 283 g/mol. The van der Waals surface area contributed by atoms with E-state index >= 15 is 0 Å². The highest BCUT2D eigenvalue weighted by Crippen LogP contribution is 2.04. The van der Waals surface area contributed by atoms with Crippen LogP contribution in [0.3, 0.4) is 0 Å². The van der Waals surface area contributed by atoms with Gasteiger partial charge in [0.15, 0.2) is 0 Å². The average molecular weight is 283 g/mol. The molecule has 0 spiro atoms. The Morgan fingerprint density at radius 2 is 1.76 bits per heavy atom. The summed E-state index contributed by atoms with van der Waals surface area (Å²) in [7, 11) is 0. The van der Waals surface area contributed by atoms with Gasteiger partial charge in [-0.2, -0.15) is 0 Å². The van der Waals surface area contributed by atoms with E-state index in [2.05, 4.69) is 4.98 Å². The molecule has 1 aromatic carbocycles. The van der Waals surface area contributed by atoms with Gasteiger partial charge in [0.1, 0.15) is 18.8 Å². The summed E-state index contributed by atoms with van der Waals surface area (Å²) >= 11 is 0. The first kappa shape index (κ1) is 14.9. The SMILES string of the molecule is O=C(CCc1ccccn1)CC(=O)OCc1ccccc1. The Morgan fingerprint density at radius 1 is 1.00 bits per heavy atom. The fraction of sp³-hybridized carbons (Fsp3) is 0.235. The molecule has 0 aliphatic rings. The Bertz CT molecular complexity index is 528. The second-order valence-electron chi connectivity index (χ2n) is 4.68. The summed E-state index contributed by atoms with van der Waals surface area (Å²) in [5.74, 6) is -0.608. The van der Waals surface area contributed by atoms with Crippen molar-refractivity contribution in [3.63, 3.8) is 0 Å². The quantitative estimate of drug-likeness (QED) is 0.579. The number of rotatable bonds is 7. The zero-order chi connectivity index (χ0) is 14.9. The lowest BCUT2D eigenvalue weighted by atomic mass is 10.1. The maximum atomic E-state index is 11.7. The summed E-state index contributed by atoms with van der Waals surface area (Å²) in [4.78, 5) is 27.4. The molecule has 0 bridgehead atoms. The molecule has 0 aliphatic carbocycles. The number of aromatic nitrogens is 1. The van der Waals surface area contributed by atoms with Crippen molar-refractivity contribution in [1.82, 2.24) is 4.98 Å². The van der Waals surface area contributed by atoms with E-state index < -0.39 is 5.97 Å². The summed E-state index contributed by atoms with van der Waals surface area (Å²) in [5, 5.41) is 0. The molecule has 0 saturated carbocycles. The Balaban J connectivity index is 1.69. The van der Waals surface area contributed by atoms with Gasteiger partial charge in [0.05, 0.1) is 0 Å². The van der Waals surface area contributed by atoms with Gasteiger partial charge in [-0.1, -0.05) is 36.4 Å². The molecule has 0 amide bonds. The van der Waals surface area contributed by atoms with Crippen molar-refractivity contribution >= 4 is 11.8 Å². The maximum Gasteiger partial charge on any atom is 0.313 e. The summed E-state index contributed by atoms with van der Waals surface area (Å²) < 4.78 is 5.08. The van der Waals surface area contributed by atoms with Crippen LogP contribution in [-0.4, -0.2) is 16.7 Å². The van der Waals surface area contributed by atoms with Crippen molar-refractivity contribution in [3.8, 4) is 0 Å². The number of Topliss-reactive ketones (excluding diaryl/α,β-unsaturated/α-hetero) is 1. The molecule has 0 aliphatic heterocycles.